The quantitative estimate of drug-likeness (QED) is 0.899. The van der Waals surface area contributed by atoms with Gasteiger partial charge in [-0.2, -0.15) is 0 Å². The Morgan fingerprint density at radius 3 is 2.43 bits per heavy atom. The summed E-state index contributed by atoms with van der Waals surface area (Å²) < 4.78 is 0. The second-order valence-electron chi connectivity index (χ2n) is 7.21. The van der Waals surface area contributed by atoms with E-state index in [-0.39, 0.29) is 17.4 Å². The zero-order valence-corrected chi connectivity index (χ0v) is 14.0. The fraction of sp³-hybridized carbons (Fsp3) is 0.611. The molecule has 1 heterocycles. The lowest BCUT2D eigenvalue weighted by Crippen LogP contribution is -2.49. The number of rotatable bonds is 2. The Bertz CT molecular complexity index is 496. The maximum Gasteiger partial charge on any atom is 0.228 e. The number of hydrogen-bond donors (Lipinski definition) is 1. The molecular weight excluding hydrogens is 260 g/mol. The Labute approximate surface area is 128 Å². The Balaban J connectivity index is 2.07. The Hall–Kier alpha value is -1.35. The molecular formula is C18H28N2O. The highest BCUT2D eigenvalue weighted by Gasteiger charge is 2.31. The van der Waals surface area contributed by atoms with Crippen molar-refractivity contribution >= 4 is 11.6 Å². The molecule has 1 N–H and O–H groups in total. The fourth-order valence-corrected chi connectivity index (χ4v) is 3.04. The molecule has 0 aliphatic carbocycles. The molecule has 0 radical (unpaired) electrons. The minimum atomic E-state index is 0.0944. The molecule has 1 atom stereocenters. The van der Waals surface area contributed by atoms with Gasteiger partial charge in [0.05, 0.1) is 5.92 Å². The number of carbonyl (C=O) groups is 1. The molecule has 1 aliphatic heterocycles. The summed E-state index contributed by atoms with van der Waals surface area (Å²) in [6.45, 7) is 12.7. The molecule has 0 aromatic heterocycles. The van der Waals surface area contributed by atoms with E-state index in [9.17, 15) is 4.79 Å². The third-order valence-corrected chi connectivity index (χ3v) is 4.47. The summed E-state index contributed by atoms with van der Waals surface area (Å²) in [4.78, 5) is 15.0. The topological polar surface area (TPSA) is 32.3 Å². The first-order chi connectivity index (χ1) is 9.79. The van der Waals surface area contributed by atoms with Crippen molar-refractivity contribution < 1.29 is 4.79 Å². The predicted molar refractivity (Wildman–Crippen MR) is 88.6 cm³/mol. The summed E-state index contributed by atoms with van der Waals surface area (Å²) >= 11 is 0. The van der Waals surface area contributed by atoms with Crippen LogP contribution in [0.25, 0.3) is 0 Å². The molecule has 1 unspecified atom stereocenters. The van der Waals surface area contributed by atoms with Crippen LogP contribution in [0.1, 0.15) is 44.7 Å². The molecule has 1 aliphatic rings. The number of carbonyl (C=O) groups excluding carboxylic acids is 1. The van der Waals surface area contributed by atoms with E-state index >= 15 is 0 Å². The molecule has 116 valence electrons. The summed E-state index contributed by atoms with van der Waals surface area (Å²) in [7, 11) is 0. The summed E-state index contributed by atoms with van der Waals surface area (Å²) in [6.07, 6.45) is 2.09. The third kappa shape index (κ3) is 3.85. The van der Waals surface area contributed by atoms with Crippen molar-refractivity contribution in [3.8, 4) is 0 Å². The largest absolute Gasteiger partial charge is 0.325 e. The van der Waals surface area contributed by atoms with Crippen molar-refractivity contribution in [2.45, 2.75) is 53.0 Å². The first-order valence-electron chi connectivity index (χ1n) is 7.91. The van der Waals surface area contributed by atoms with E-state index < -0.39 is 0 Å². The molecule has 2 rings (SSSR count). The van der Waals surface area contributed by atoms with Gasteiger partial charge in [0.1, 0.15) is 0 Å². The van der Waals surface area contributed by atoms with Gasteiger partial charge in [-0.25, -0.2) is 0 Å². The number of amides is 1. The van der Waals surface area contributed by atoms with Crippen LogP contribution in [0.2, 0.25) is 0 Å². The fourth-order valence-electron chi connectivity index (χ4n) is 3.04. The van der Waals surface area contributed by atoms with Crippen molar-refractivity contribution in [2.75, 3.05) is 18.4 Å². The number of nitrogens with one attached hydrogen (secondary N) is 1. The van der Waals surface area contributed by atoms with Crippen LogP contribution in [0.5, 0.6) is 0 Å². The molecule has 0 bridgehead atoms. The molecule has 3 heteroatoms. The van der Waals surface area contributed by atoms with E-state index in [2.05, 4.69) is 31.0 Å². The highest BCUT2D eigenvalue weighted by atomic mass is 16.1. The van der Waals surface area contributed by atoms with Gasteiger partial charge >= 0.3 is 0 Å². The maximum atomic E-state index is 12.6. The van der Waals surface area contributed by atoms with Crippen LogP contribution >= 0.6 is 0 Å². The number of benzene rings is 1. The van der Waals surface area contributed by atoms with Gasteiger partial charge in [-0.3, -0.25) is 9.69 Å². The number of likely N-dealkylation sites (tertiary alicyclic amines) is 1. The van der Waals surface area contributed by atoms with Crippen molar-refractivity contribution in [1.82, 2.24) is 4.90 Å². The highest BCUT2D eigenvalue weighted by Crippen LogP contribution is 2.26. The van der Waals surface area contributed by atoms with E-state index in [0.29, 0.717) is 0 Å². The van der Waals surface area contributed by atoms with Crippen molar-refractivity contribution in [3.63, 3.8) is 0 Å². The van der Waals surface area contributed by atoms with E-state index in [1.807, 2.05) is 32.0 Å². The van der Waals surface area contributed by atoms with Gasteiger partial charge in [0.15, 0.2) is 0 Å². The highest BCUT2D eigenvalue weighted by molar-refractivity contribution is 5.94. The standard InChI is InChI=1S/C18H28N2O/c1-13-8-6-9-14(2)16(13)19-17(21)15-10-7-11-20(12-15)18(3,4)5/h6,8-9,15H,7,10-12H2,1-5H3,(H,19,21). The molecule has 3 nitrogen and oxygen atoms in total. The van der Waals surface area contributed by atoms with Gasteiger partial charge < -0.3 is 5.32 Å². The number of aryl methyl sites for hydroxylation is 2. The summed E-state index contributed by atoms with van der Waals surface area (Å²) in [6, 6.07) is 6.12. The Morgan fingerprint density at radius 2 is 1.86 bits per heavy atom. The van der Waals surface area contributed by atoms with Gasteiger partial charge in [-0.05, 0) is 65.1 Å². The van der Waals surface area contributed by atoms with Gasteiger partial charge in [-0.15, -0.1) is 0 Å². The average Bonchev–Trinajstić information content (AvgIpc) is 2.42. The SMILES string of the molecule is Cc1cccc(C)c1NC(=O)C1CCCN(C(C)(C)C)C1. The van der Waals surface area contributed by atoms with Crippen LogP contribution in [0.4, 0.5) is 5.69 Å². The Kier molecular flexibility index (Phi) is 4.72. The second-order valence-corrected chi connectivity index (χ2v) is 7.21. The van der Waals surface area contributed by atoms with Crippen LogP contribution in [-0.2, 0) is 4.79 Å². The van der Waals surface area contributed by atoms with Gasteiger partial charge in [0, 0.05) is 17.8 Å². The normalized spacial score (nSPS) is 20.3. The van der Waals surface area contributed by atoms with Gasteiger partial charge in [0.2, 0.25) is 5.91 Å². The molecule has 0 spiro atoms. The third-order valence-electron chi connectivity index (χ3n) is 4.47. The van der Waals surface area contributed by atoms with Crippen molar-refractivity contribution in [3.05, 3.63) is 29.3 Å². The number of hydrogen-bond acceptors (Lipinski definition) is 2. The minimum Gasteiger partial charge on any atom is -0.325 e. The van der Waals surface area contributed by atoms with Crippen LogP contribution in [0, 0.1) is 19.8 Å². The van der Waals surface area contributed by atoms with Crippen molar-refractivity contribution in [1.29, 1.82) is 0 Å². The van der Waals surface area contributed by atoms with E-state index in [1.165, 1.54) is 0 Å². The molecule has 1 aromatic carbocycles. The molecule has 1 aromatic rings. The summed E-state index contributed by atoms with van der Waals surface area (Å²) in [5.74, 6) is 0.262. The van der Waals surface area contributed by atoms with Crippen LogP contribution < -0.4 is 5.32 Å². The van der Waals surface area contributed by atoms with E-state index in [1.54, 1.807) is 0 Å². The summed E-state index contributed by atoms with van der Waals surface area (Å²) in [5, 5.41) is 3.15. The first kappa shape index (κ1) is 16.0. The maximum absolute atomic E-state index is 12.6. The average molecular weight is 288 g/mol. The molecule has 1 fully saturated rings. The van der Waals surface area contributed by atoms with Crippen LogP contribution in [0.15, 0.2) is 18.2 Å². The Morgan fingerprint density at radius 1 is 1.24 bits per heavy atom. The van der Waals surface area contributed by atoms with Crippen molar-refractivity contribution in [2.24, 2.45) is 5.92 Å². The lowest BCUT2D eigenvalue weighted by molar-refractivity contribution is -0.122. The van der Waals surface area contributed by atoms with Crippen LogP contribution in [-0.4, -0.2) is 29.4 Å². The van der Waals surface area contributed by atoms with E-state index in [4.69, 9.17) is 0 Å². The van der Waals surface area contributed by atoms with Crippen LogP contribution in [0.3, 0.4) is 0 Å². The molecule has 0 saturated carbocycles. The van der Waals surface area contributed by atoms with E-state index in [0.717, 1.165) is 42.7 Å². The zero-order chi connectivity index (χ0) is 15.6. The minimum absolute atomic E-state index is 0.0944. The molecule has 1 amide bonds. The lowest BCUT2D eigenvalue weighted by atomic mass is 9.92. The monoisotopic (exact) mass is 288 g/mol. The molecule has 21 heavy (non-hydrogen) atoms. The predicted octanol–water partition coefficient (Wildman–Crippen LogP) is 3.75. The second kappa shape index (κ2) is 6.18. The zero-order valence-electron chi connectivity index (χ0n) is 14.0. The lowest BCUT2D eigenvalue weighted by Gasteiger charge is -2.41. The number of piperidine rings is 1. The smallest absolute Gasteiger partial charge is 0.228 e. The van der Waals surface area contributed by atoms with Gasteiger partial charge in [0.25, 0.3) is 0 Å². The summed E-state index contributed by atoms with van der Waals surface area (Å²) in [5.41, 5.74) is 3.38. The van der Waals surface area contributed by atoms with Gasteiger partial charge in [-0.1, -0.05) is 18.2 Å². The number of para-hydroxylation sites is 1. The molecule has 1 saturated heterocycles. The number of nitrogens with zero attached hydrogens (tertiary/aromatic N) is 1. The number of anilines is 1. The first-order valence-corrected chi connectivity index (χ1v) is 7.91.